The molecule has 1 aliphatic rings. The van der Waals surface area contributed by atoms with Crippen LogP contribution in [0.2, 0.25) is 0 Å². The van der Waals surface area contributed by atoms with Crippen molar-refractivity contribution in [2.75, 3.05) is 6.61 Å². The van der Waals surface area contributed by atoms with Crippen LogP contribution in [0.4, 0.5) is 9.18 Å². The Labute approximate surface area is 127 Å². The van der Waals surface area contributed by atoms with E-state index in [9.17, 15) is 14.0 Å². The zero-order valence-corrected chi connectivity index (χ0v) is 11.7. The van der Waals surface area contributed by atoms with Gasteiger partial charge in [0.15, 0.2) is 0 Å². The second kappa shape index (κ2) is 5.97. The number of hydrogen-bond acceptors (Lipinski definition) is 3. The lowest BCUT2D eigenvalue weighted by Crippen LogP contribution is -2.35. The van der Waals surface area contributed by atoms with Crippen molar-refractivity contribution in [2.24, 2.45) is 0 Å². The lowest BCUT2D eigenvalue weighted by atomic mass is 10.1. The number of imide groups is 1. The molecule has 0 aromatic heterocycles. The Morgan fingerprint density at radius 1 is 1.14 bits per heavy atom. The standard InChI is InChI=1S/C17H14FNO3/c18-14-9-5-4-8-13(14)10-16(20)19-15(11-22-17(19)21)12-6-2-1-3-7-12/h1-9,15H,10-11H2. The van der Waals surface area contributed by atoms with Crippen molar-refractivity contribution >= 4 is 12.0 Å². The largest absolute Gasteiger partial charge is 0.446 e. The van der Waals surface area contributed by atoms with Crippen molar-refractivity contribution < 1.29 is 18.7 Å². The van der Waals surface area contributed by atoms with Crippen molar-refractivity contribution in [1.29, 1.82) is 0 Å². The smallest absolute Gasteiger partial charge is 0.417 e. The van der Waals surface area contributed by atoms with Gasteiger partial charge in [-0.05, 0) is 17.2 Å². The summed E-state index contributed by atoms with van der Waals surface area (Å²) >= 11 is 0. The first kappa shape index (κ1) is 14.3. The van der Waals surface area contributed by atoms with E-state index in [1.165, 1.54) is 12.1 Å². The SMILES string of the molecule is O=C(Cc1ccccc1F)N1C(=O)OCC1c1ccccc1. The molecule has 2 aromatic rings. The average molecular weight is 299 g/mol. The molecule has 4 nitrogen and oxygen atoms in total. The molecule has 3 rings (SSSR count). The molecular weight excluding hydrogens is 285 g/mol. The van der Waals surface area contributed by atoms with Crippen LogP contribution in [-0.2, 0) is 16.0 Å². The normalized spacial score (nSPS) is 17.4. The van der Waals surface area contributed by atoms with E-state index in [4.69, 9.17) is 4.74 Å². The van der Waals surface area contributed by atoms with Gasteiger partial charge in [0.2, 0.25) is 5.91 Å². The molecule has 0 saturated carbocycles. The Bertz CT molecular complexity index is 702. The third kappa shape index (κ3) is 2.70. The van der Waals surface area contributed by atoms with E-state index < -0.39 is 23.9 Å². The summed E-state index contributed by atoms with van der Waals surface area (Å²) in [6, 6.07) is 14.7. The molecule has 0 radical (unpaired) electrons. The number of nitrogens with zero attached hydrogens (tertiary/aromatic N) is 1. The molecule has 2 amide bonds. The number of cyclic esters (lactones) is 1. The van der Waals surface area contributed by atoms with Crippen LogP contribution in [0.5, 0.6) is 0 Å². The van der Waals surface area contributed by atoms with E-state index >= 15 is 0 Å². The molecule has 1 fully saturated rings. The number of ether oxygens (including phenoxy) is 1. The highest BCUT2D eigenvalue weighted by Crippen LogP contribution is 2.28. The monoisotopic (exact) mass is 299 g/mol. The van der Waals surface area contributed by atoms with E-state index in [0.717, 1.165) is 10.5 Å². The lowest BCUT2D eigenvalue weighted by molar-refractivity contribution is -0.128. The molecule has 0 spiro atoms. The van der Waals surface area contributed by atoms with Gasteiger partial charge >= 0.3 is 6.09 Å². The van der Waals surface area contributed by atoms with E-state index in [1.807, 2.05) is 30.3 Å². The summed E-state index contributed by atoms with van der Waals surface area (Å²) in [6.45, 7) is 0.117. The number of halogens is 1. The number of carbonyl (C=O) groups is 2. The Balaban J connectivity index is 1.83. The van der Waals surface area contributed by atoms with Gasteiger partial charge in [0.25, 0.3) is 0 Å². The molecule has 1 unspecified atom stereocenters. The highest BCUT2D eigenvalue weighted by Gasteiger charge is 2.38. The van der Waals surface area contributed by atoms with Gasteiger partial charge in [-0.1, -0.05) is 48.5 Å². The number of benzene rings is 2. The minimum absolute atomic E-state index is 0.117. The highest BCUT2D eigenvalue weighted by atomic mass is 19.1. The predicted octanol–water partition coefficient (Wildman–Crippen LogP) is 3.09. The van der Waals surface area contributed by atoms with Gasteiger partial charge in [0.05, 0.1) is 6.42 Å². The zero-order valence-electron chi connectivity index (χ0n) is 11.7. The second-order valence-electron chi connectivity index (χ2n) is 5.04. The van der Waals surface area contributed by atoms with Crippen LogP contribution in [0, 0.1) is 5.82 Å². The molecule has 0 N–H and O–H groups in total. The van der Waals surface area contributed by atoms with Gasteiger partial charge in [0, 0.05) is 0 Å². The molecule has 1 aliphatic heterocycles. The number of amides is 2. The van der Waals surface area contributed by atoms with E-state index in [1.54, 1.807) is 12.1 Å². The first-order valence-electron chi connectivity index (χ1n) is 6.94. The quantitative estimate of drug-likeness (QED) is 0.875. The molecule has 0 aliphatic carbocycles. The Hall–Kier alpha value is -2.69. The fourth-order valence-corrected chi connectivity index (χ4v) is 2.51. The topological polar surface area (TPSA) is 46.6 Å². The maximum Gasteiger partial charge on any atom is 0.417 e. The Morgan fingerprint density at radius 2 is 1.82 bits per heavy atom. The molecular formula is C17H14FNO3. The van der Waals surface area contributed by atoms with Crippen LogP contribution < -0.4 is 0 Å². The summed E-state index contributed by atoms with van der Waals surface area (Å²) in [5, 5.41) is 0. The van der Waals surface area contributed by atoms with Crippen molar-refractivity contribution in [1.82, 2.24) is 4.90 Å². The predicted molar refractivity (Wildman–Crippen MR) is 77.5 cm³/mol. The fraction of sp³-hybridized carbons (Fsp3) is 0.176. The van der Waals surface area contributed by atoms with Gasteiger partial charge in [0.1, 0.15) is 18.5 Å². The summed E-state index contributed by atoms with van der Waals surface area (Å²) in [7, 11) is 0. The van der Waals surface area contributed by atoms with Gasteiger partial charge in [-0.15, -0.1) is 0 Å². The number of hydrogen-bond donors (Lipinski definition) is 0. The molecule has 1 atom stereocenters. The van der Waals surface area contributed by atoms with Crippen LogP contribution in [0.15, 0.2) is 54.6 Å². The fourth-order valence-electron chi connectivity index (χ4n) is 2.51. The molecule has 1 saturated heterocycles. The Morgan fingerprint density at radius 3 is 2.55 bits per heavy atom. The minimum Gasteiger partial charge on any atom is -0.446 e. The lowest BCUT2D eigenvalue weighted by Gasteiger charge is -2.20. The summed E-state index contributed by atoms with van der Waals surface area (Å²) in [5.74, 6) is -0.930. The maximum atomic E-state index is 13.7. The van der Waals surface area contributed by atoms with Crippen molar-refractivity contribution in [2.45, 2.75) is 12.5 Å². The van der Waals surface area contributed by atoms with Gasteiger partial charge in [-0.2, -0.15) is 0 Å². The van der Waals surface area contributed by atoms with E-state index in [0.29, 0.717) is 0 Å². The average Bonchev–Trinajstić information content (AvgIpc) is 2.92. The van der Waals surface area contributed by atoms with E-state index in [-0.39, 0.29) is 18.6 Å². The summed E-state index contributed by atoms with van der Waals surface area (Å²) in [5.41, 5.74) is 1.08. The second-order valence-corrected chi connectivity index (χ2v) is 5.04. The first-order chi connectivity index (χ1) is 10.7. The summed E-state index contributed by atoms with van der Waals surface area (Å²) in [4.78, 5) is 25.4. The zero-order chi connectivity index (χ0) is 15.5. The van der Waals surface area contributed by atoms with Crippen LogP contribution in [0.3, 0.4) is 0 Å². The molecule has 112 valence electrons. The number of carbonyl (C=O) groups excluding carboxylic acids is 2. The molecule has 1 heterocycles. The molecule has 5 heteroatoms. The maximum absolute atomic E-state index is 13.7. The minimum atomic E-state index is -0.685. The molecule has 2 aromatic carbocycles. The van der Waals surface area contributed by atoms with Gasteiger partial charge in [-0.25, -0.2) is 14.1 Å². The van der Waals surface area contributed by atoms with Crippen LogP contribution in [0.1, 0.15) is 17.2 Å². The Kier molecular flexibility index (Phi) is 3.87. The third-order valence-corrected chi connectivity index (χ3v) is 3.63. The van der Waals surface area contributed by atoms with Crippen LogP contribution in [0.25, 0.3) is 0 Å². The van der Waals surface area contributed by atoms with Crippen LogP contribution in [-0.4, -0.2) is 23.5 Å². The number of rotatable bonds is 3. The van der Waals surface area contributed by atoms with Crippen molar-refractivity contribution in [3.05, 3.63) is 71.5 Å². The molecule has 22 heavy (non-hydrogen) atoms. The summed E-state index contributed by atoms with van der Waals surface area (Å²) < 4.78 is 18.7. The highest BCUT2D eigenvalue weighted by molar-refractivity contribution is 5.94. The van der Waals surface area contributed by atoms with Crippen molar-refractivity contribution in [3.8, 4) is 0 Å². The van der Waals surface area contributed by atoms with Gasteiger partial charge in [-0.3, -0.25) is 4.79 Å². The van der Waals surface area contributed by atoms with Crippen molar-refractivity contribution in [3.63, 3.8) is 0 Å². The van der Waals surface area contributed by atoms with Crippen LogP contribution >= 0.6 is 0 Å². The summed E-state index contributed by atoms with van der Waals surface area (Å²) in [6.07, 6.45) is -0.860. The molecule has 0 bridgehead atoms. The van der Waals surface area contributed by atoms with E-state index in [2.05, 4.69) is 0 Å². The third-order valence-electron chi connectivity index (χ3n) is 3.63. The van der Waals surface area contributed by atoms with Gasteiger partial charge < -0.3 is 4.74 Å². The first-order valence-corrected chi connectivity index (χ1v) is 6.94.